The van der Waals surface area contributed by atoms with Crippen LogP contribution in [0.1, 0.15) is 44.9 Å². The first-order valence-electron chi connectivity index (χ1n) is 11.3. The Kier molecular flexibility index (Phi) is 6.34. The van der Waals surface area contributed by atoms with E-state index in [1.807, 2.05) is 6.07 Å². The molecule has 30 heavy (non-hydrogen) atoms. The highest BCUT2D eigenvalue weighted by atomic mass is 16.5. The van der Waals surface area contributed by atoms with Crippen molar-refractivity contribution >= 4 is 16.6 Å². The summed E-state index contributed by atoms with van der Waals surface area (Å²) in [5, 5.41) is 14.4. The zero-order chi connectivity index (χ0) is 21.3. The topological polar surface area (TPSA) is 66.8 Å². The van der Waals surface area contributed by atoms with E-state index in [0.717, 1.165) is 67.7 Å². The molecule has 2 aliphatic rings. The minimum absolute atomic E-state index is 0.171. The summed E-state index contributed by atoms with van der Waals surface area (Å²) >= 11 is 0. The number of β-amino-alcohol motifs (C(OH)–C–C–N with tert-alkyl or cyclic N) is 1. The highest BCUT2D eigenvalue weighted by Crippen LogP contribution is 2.41. The van der Waals surface area contributed by atoms with Gasteiger partial charge in [0.1, 0.15) is 0 Å². The minimum atomic E-state index is -0.171. The van der Waals surface area contributed by atoms with Gasteiger partial charge in [-0.25, -0.2) is 0 Å². The molecule has 1 aliphatic heterocycles. The van der Waals surface area contributed by atoms with Crippen molar-refractivity contribution in [1.82, 2.24) is 9.88 Å². The fourth-order valence-electron chi connectivity index (χ4n) is 4.71. The maximum absolute atomic E-state index is 9.66. The number of nitrogens with one attached hydrogen (secondary N) is 1. The first-order valence-corrected chi connectivity index (χ1v) is 11.3. The third kappa shape index (κ3) is 4.49. The first-order chi connectivity index (χ1) is 14.4. The van der Waals surface area contributed by atoms with Crippen LogP contribution in [-0.2, 0) is 12.8 Å². The van der Waals surface area contributed by atoms with Crippen molar-refractivity contribution in [3.05, 3.63) is 23.4 Å². The van der Waals surface area contributed by atoms with Gasteiger partial charge in [-0.1, -0.05) is 6.92 Å². The zero-order valence-corrected chi connectivity index (χ0v) is 18.7. The molecule has 1 fully saturated rings. The number of hydrogen-bond acceptors (Lipinski definition) is 6. The van der Waals surface area contributed by atoms with Gasteiger partial charge in [0.05, 0.1) is 25.3 Å². The lowest BCUT2D eigenvalue weighted by Crippen LogP contribution is -2.24. The SMILES string of the molecule is COc1cc2c(NC(C)C)c3c(nc2cc1OCCCN1CCC(O)C1)CC(C)C3. The molecule has 2 unspecified atom stereocenters. The van der Waals surface area contributed by atoms with Gasteiger partial charge < -0.3 is 24.8 Å². The van der Waals surface area contributed by atoms with Crippen LogP contribution in [0.2, 0.25) is 0 Å². The van der Waals surface area contributed by atoms with Gasteiger partial charge in [-0.05, 0) is 57.1 Å². The number of benzene rings is 1. The van der Waals surface area contributed by atoms with E-state index in [9.17, 15) is 5.11 Å². The summed E-state index contributed by atoms with van der Waals surface area (Å²) in [6, 6.07) is 4.45. The monoisotopic (exact) mass is 413 g/mol. The van der Waals surface area contributed by atoms with Crippen LogP contribution in [-0.4, -0.2) is 60.5 Å². The number of ether oxygens (including phenoxy) is 2. The summed E-state index contributed by atoms with van der Waals surface area (Å²) in [4.78, 5) is 7.29. The van der Waals surface area contributed by atoms with E-state index in [1.165, 1.54) is 16.9 Å². The average Bonchev–Trinajstić information content (AvgIpc) is 3.28. The molecular formula is C24H35N3O3. The predicted molar refractivity (Wildman–Crippen MR) is 121 cm³/mol. The number of hydrogen-bond donors (Lipinski definition) is 2. The second kappa shape index (κ2) is 8.98. The molecule has 1 aliphatic carbocycles. The van der Waals surface area contributed by atoms with E-state index in [-0.39, 0.29) is 6.10 Å². The molecular weight excluding hydrogens is 378 g/mol. The molecule has 1 aromatic carbocycles. The van der Waals surface area contributed by atoms with Crippen molar-refractivity contribution in [2.75, 3.05) is 38.7 Å². The first kappa shape index (κ1) is 21.2. The molecule has 2 N–H and O–H groups in total. The number of nitrogens with zero attached hydrogens (tertiary/aromatic N) is 2. The molecule has 6 heteroatoms. The summed E-state index contributed by atoms with van der Waals surface area (Å²) < 4.78 is 11.8. The van der Waals surface area contributed by atoms with Gasteiger partial charge >= 0.3 is 0 Å². The Bertz CT molecular complexity index is 899. The van der Waals surface area contributed by atoms with E-state index in [4.69, 9.17) is 14.5 Å². The molecule has 6 nitrogen and oxygen atoms in total. The van der Waals surface area contributed by atoms with E-state index in [2.05, 4.69) is 37.1 Å². The van der Waals surface area contributed by atoms with Crippen LogP contribution in [0.3, 0.4) is 0 Å². The molecule has 2 aromatic rings. The van der Waals surface area contributed by atoms with Crippen molar-refractivity contribution in [1.29, 1.82) is 0 Å². The number of methoxy groups -OCH3 is 1. The fourth-order valence-corrected chi connectivity index (χ4v) is 4.71. The van der Waals surface area contributed by atoms with E-state index in [1.54, 1.807) is 7.11 Å². The quantitative estimate of drug-likeness (QED) is 0.644. The molecule has 0 bridgehead atoms. The number of likely N-dealkylation sites (tertiary alicyclic amines) is 1. The lowest BCUT2D eigenvalue weighted by Gasteiger charge is -2.19. The molecule has 164 valence electrons. The fraction of sp³-hybridized carbons (Fsp3) is 0.625. The average molecular weight is 414 g/mol. The molecule has 2 heterocycles. The van der Waals surface area contributed by atoms with Crippen LogP contribution in [0.4, 0.5) is 5.69 Å². The molecule has 4 rings (SSSR count). The summed E-state index contributed by atoms with van der Waals surface area (Å²) in [6.07, 6.45) is 3.72. The second-order valence-corrected chi connectivity index (χ2v) is 9.19. The number of aromatic nitrogens is 1. The summed E-state index contributed by atoms with van der Waals surface area (Å²) in [6.45, 7) is 9.95. The smallest absolute Gasteiger partial charge is 0.163 e. The number of aliphatic hydroxyl groups is 1. The molecule has 0 saturated carbocycles. The maximum atomic E-state index is 9.66. The van der Waals surface area contributed by atoms with Gasteiger partial charge in [0.2, 0.25) is 0 Å². The van der Waals surface area contributed by atoms with Crippen molar-refractivity contribution in [3.8, 4) is 11.5 Å². The van der Waals surface area contributed by atoms with Crippen LogP contribution in [0.15, 0.2) is 12.1 Å². The Morgan fingerprint density at radius 3 is 2.80 bits per heavy atom. The van der Waals surface area contributed by atoms with Gasteiger partial charge in [-0.2, -0.15) is 0 Å². The van der Waals surface area contributed by atoms with Crippen molar-refractivity contribution in [2.24, 2.45) is 5.92 Å². The van der Waals surface area contributed by atoms with Crippen LogP contribution >= 0.6 is 0 Å². The van der Waals surface area contributed by atoms with E-state index in [0.29, 0.717) is 18.6 Å². The van der Waals surface area contributed by atoms with Crippen molar-refractivity contribution in [3.63, 3.8) is 0 Å². The van der Waals surface area contributed by atoms with Gasteiger partial charge in [0.25, 0.3) is 0 Å². The highest BCUT2D eigenvalue weighted by molar-refractivity contribution is 5.96. The third-order valence-electron chi connectivity index (χ3n) is 6.11. The summed E-state index contributed by atoms with van der Waals surface area (Å²) in [5.41, 5.74) is 4.73. The van der Waals surface area contributed by atoms with Crippen LogP contribution in [0.25, 0.3) is 10.9 Å². The van der Waals surface area contributed by atoms with Gasteiger partial charge in [0, 0.05) is 48.5 Å². The molecule has 1 saturated heterocycles. The van der Waals surface area contributed by atoms with E-state index < -0.39 is 0 Å². The second-order valence-electron chi connectivity index (χ2n) is 9.19. The van der Waals surface area contributed by atoms with Gasteiger partial charge in [-0.15, -0.1) is 0 Å². The molecule has 0 radical (unpaired) electrons. The van der Waals surface area contributed by atoms with Crippen LogP contribution in [0.5, 0.6) is 11.5 Å². The van der Waals surface area contributed by atoms with Gasteiger partial charge in [-0.3, -0.25) is 4.98 Å². The van der Waals surface area contributed by atoms with Crippen LogP contribution in [0, 0.1) is 5.92 Å². The number of aliphatic hydroxyl groups excluding tert-OH is 1. The summed E-state index contributed by atoms with van der Waals surface area (Å²) in [7, 11) is 1.69. The standard InChI is InChI=1S/C24H35N3O3/c1-15(2)25-24-18-10-16(3)11-20(18)26-21-13-23(22(29-4)12-19(21)24)30-9-5-7-27-8-6-17(28)14-27/h12-13,15-17,28H,5-11,14H2,1-4H3,(H,25,26). The molecule has 1 aromatic heterocycles. The normalized spacial score (nSPS) is 21.4. The highest BCUT2D eigenvalue weighted by Gasteiger charge is 2.26. The maximum Gasteiger partial charge on any atom is 0.163 e. The summed E-state index contributed by atoms with van der Waals surface area (Å²) in [5.74, 6) is 2.12. The number of pyridine rings is 1. The largest absolute Gasteiger partial charge is 0.493 e. The Labute approximate surface area is 179 Å². The Hall–Kier alpha value is -2.05. The van der Waals surface area contributed by atoms with E-state index >= 15 is 0 Å². The van der Waals surface area contributed by atoms with Crippen molar-refractivity contribution < 1.29 is 14.6 Å². The van der Waals surface area contributed by atoms with Crippen molar-refractivity contribution in [2.45, 2.75) is 58.6 Å². The predicted octanol–water partition coefficient (Wildman–Crippen LogP) is 3.63. The third-order valence-corrected chi connectivity index (χ3v) is 6.11. The Morgan fingerprint density at radius 1 is 1.27 bits per heavy atom. The Morgan fingerprint density at radius 2 is 2.10 bits per heavy atom. The molecule has 0 spiro atoms. The Balaban J connectivity index is 1.56. The lowest BCUT2D eigenvalue weighted by atomic mass is 10.0. The minimum Gasteiger partial charge on any atom is -0.493 e. The van der Waals surface area contributed by atoms with Crippen LogP contribution < -0.4 is 14.8 Å². The molecule has 2 atom stereocenters. The number of fused-ring (bicyclic) bond motifs is 2. The molecule has 0 amide bonds. The van der Waals surface area contributed by atoms with Gasteiger partial charge in [0.15, 0.2) is 11.5 Å². The lowest BCUT2D eigenvalue weighted by molar-refractivity contribution is 0.172. The number of anilines is 1. The number of rotatable bonds is 8. The zero-order valence-electron chi connectivity index (χ0n) is 18.7.